The predicted molar refractivity (Wildman–Crippen MR) is 146 cm³/mol. The second-order valence-electron chi connectivity index (χ2n) is 9.19. The molecular weight excluding hydrogens is 452 g/mol. The van der Waals surface area contributed by atoms with E-state index in [1.54, 1.807) is 17.4 Å². The number of hydrogen-bond acceptors (Lipinski definition) is 5. The third kappa shape index (κ3) is 5.45. The first-order valence-corrected chi connectivity index (χ1v) is 12.9. The summed E-state index contributed by atoms with van der Waals surface area (Å²) in [5.74, 6) is 0.0432. The van der Waals surface area contributed by atoms with Gasteiger partial charge >= 0.3 is 0 Å². The lowest BCUT2D eigenvalue weighted by Crippen LogP contribution is -2.37. The maximum atomic E-state index is 13.0. The smallest absolute Gasteiger partial charge is 0.227 e. The summed E-state index contributed by atoms with van der Waals surface area (Å²) in [6.45, 7) is 2.76. The number of anilines is 2. The highest BCUT2D eigenvalue weighted by atomic mass is 32.1. The van der Waals surface area contributed by atoms with Crippen molar-refractivity contribution in [2.45, 2.75) is 25.8 Å². The number of benzene rings is 2. The van der Waals surface area contributed by atoms with Crippen molar-refractivity contribution in [3.63, 3.8) is 0 Å². The topological polar surface area (TPSA) is 82.2 Å². The van der Waals surface area contributed by atoms with Crippen molar-refractivity contribution in [3.8, 4) is 0 Å². The summed E-state index contributed by atoms with van der Waals surface area (Å²) in [6, 6.07) is 18.0. The summed E-state index contributed by atoms with van der Waals surface area (Å²) < 4.78 is 0. The number of nitrogens with zero attached hydrogens (tertiary/aromatic N) is 1. The van der Waals surface area contributed by atoms with Crippen LogP contribution in [0.4, 0.5) is 11.4 Å². The second-order valence-corrected chi connectivity index (χ2v) is 10.3. The summed E-state index contributed by atoms with van der Waals surface area (Å²) in [5.41, 5.74) is 11.1. The van der Waals surface area contributed by atoms with Crippen molar-refractivity contribution < 1.29 is 4.79 Å². The third-order valence-electron chi connectivity index (χ3n) is 6.72. The Morgan fingerprint density at radius 3 is 2.69 bits per heavy atom. The van der Waals surface area contributed by atoms with Crippen LogP contribution in [0.15, 0.2) is 72.8 Å². The Morgan fingerprint density at radius 2 is 1.89 bits per heavy atom. The van der Waals surface area contributed by atoms with Crippen LogP contribution in [0, 0.1) is 11.3 Å². The van der Waals surface area contributed by atoms with Crippen LogP contribution in [-0.2, 0) is 17.8 Å². The van der Waals surface area contributed by atoms with Gasteiger partial charge in [0.05, 0.1) is 10.6 Å². The van der Waals surface area contributed by atoms with Gasteiger partial charge < -0.3 is 11.1 Å². The average Bonchev–Trinajstić information content (AvgIpc) is 3.16. The predicted octanol–water partition coefficient (Wildman–Crippen LogP) is 5.72. The second kappa shape index (κ2) is 10.4. The molecule has 5 rings (SSSR count). The first kappa shape index (κ1) is 23.3. The Bertz CT molecular complexity index is 1280. The molecule has 0 bridgehead atoms. The standard InChI is InChI=1S/C29H30N4OS/c30-25-12-11-23(18-24(25)28(31)27-17-22-9-5-2-6-10-26(22)35-27)32-29(34)21-13-15-33(16-14-21)19-20-7-3-1-4-8-20/h1-8,10-12,17-18,21,31H,9,13-16,19,30H2,(H,32,34). The molecule has 2 heterocycles. The number of hydrogen-bond donors (Lipinski definition) is 3. The molecular formula is C29H30N4OS. The van der Waals surface area contributed by atoms with Gasteiger partial charge in [-0.3, -0.25) is 15.1 Å². The van der Waals surface area contributed by atoms with Gasteiger partial charge in [-0.15, -0.1) is 11.3 Å². The minimum Gasteiger partial charge on any atom is -0.398 e. The molecule has 0 atom stereocenters. The van der Waals surface area contributed by atoms with Gasteiger partial charge in [0.15, 0.2) is 0 Å². The van der Waals surface area contributed by atoms with E-state index < -0.39 is 0 Å². The maximum Gasteiger partial charge on any atom is 0.227 e. The van der Waals surface area contributed by atoms with E-state index in [-0.39, 0.29) is 11.8 Å². The quantitative estimate of drug-likeness (QED) is 0.310. The molecule has 1 aliphatic carbocycles. The van der Waals surface area contributed by atoms with Crippen LogP contribution in [0.2, 0.25) is 0 Å². The molecule has 1 saturated heterocycles. The first-order chi connectivity index (χ1) is 17.1. The van der Waals surface area contributed by atoms with E-state index in [2.05, 4.69) is 58.8 Å². The maximum absolute atomic E-state index is 13.0. The highest BCUT2D eigenvalue weighted by Gasteiger charge is 2.25. The van der Waals surface area contributed by atoms with E-state index in [0.717, 1.165) is 43.8 Å². The van der Waals surface area contributed by atoms with Gasteiger partial charge in [0.1, 0.15) is 0 Å². The number of amides is 1. The first-order valence-electron chi connectivity index (χ1n) is 12.1. The van der Waals surface area contributed by atoms with Crippen LogP contribution >= 0.6 is 11.3 Å². The van der Waals surface area contributed by atoms with Gasteiger partial charge in [-0.25, -0.2) is 0 Å². The van der Waals surface area contributed by atoms with E-state index in [1.807, 2.05) is 24.3 Å². The zero-order chi connectivity index (χ0) is 24.2. The summed E-state index contributed by atoms with van der Waals surface area (Å²) >= 11 is 1.60. The molecule has 6 heteroatoms. The van der Waals surface area contributed by atoms with E-state index in [9.17, 15) is 4.79 Å². The van der Waals surface area contributed by atoms with Gasteiger partial charge in [0.25, 0.3) is 0 Å². The van der Waals surface area contributed by atoms with Gasteiger partial charge in [-0.1, -0.05) is 48.6 Å². The molecule has 2 aromatic carbocycles. The summed E-state index contributed by atoms with van der Waals surface area (Å²) in [6.07, 6.45) is 10.9. The van der Waals surface area contributed by atoms with Crippen molar-refractivity contribution in [3.05, 3.63) is 99.3 Å². The Morgan fingerprint density at radius 1 is 1.09 bits per heavy atom. The summed E-state index contributed by atoms with van der Waals surface area (Å²) in [7, 11) is 0. The molecule has 1 aliphatic heterocycles. The van der Waals surface area contributed by atoms with Crippen LogP contribution in [0.3, 0.4) is 0 Å². The number of fused-ring (bicyclic) bond motifs is 1. The number of thiophene rings is 1. The zero-order valence-corrected chi connectivity index (χ0v) is 20.5. The molecule has 1 aromatic heterocycles. The molecule has 0 spiro atoms. The van der Waals surface area contributed by atoms with Gasteiger partial charge in [0, 0.05) is 34.3 Å². The zero-order valence-electron chi connectivity index (χ0n) is 19.7. The molecule has 0 saturated carbocycles. The Hall–Kier alpha value is -3.48. The van der Waals surface area contributed by atoms with Gasteiger partial charge in [-0.05, 0) is 73.8 Å². The van der Waals surface area contributed by atoms with E-state index in [4.69, 9.17) is 11.1 Å². The number of nitrogen functional groups attached to an aromatic ring is 1. The third-order valence-corrected chi connectivity index (χ3v) is 7.88. The monoisotopic (exact) mass is 482 g/mol. The molecule has 1 fully saturated rings. The number of likely N-dealkylation sites (tertiary alicyclic amines) is 1. The van der Waals surface area contributed by atoms with Gasteiger partial charge in [0.2, 0.25) is 5.91 Å². The van der Waals surface area contributed by atoms with Crippen molar-refractivity contribution >= 4 is 40.4 Å². The van der Waals surface area contributed by atoms with E-state index in [1.165, 1.54) is 16.0 Å². The molecule has 2 aliphatic rings. The minimum absolute atomic E-state index is 0.00437. The number of rotatable bonds is 6. The summed E-state index contributed by atoms with van der Waals surface area (Å²) in [4.78, 5) is 17.5. The fraction of sp³-hybridized carbons (Fsp3) is 0.241. The Labute approximate surface area is 210 Å². The molecule has 178 valence electrons. The molecule has 5 nitrogen and oxygen atoms in total. The number of nitrogens with two attached hydrogens (primary N) is 1. The molecule has 35 heavy (non-hydrogen) atoms. The van der Waals surface area contributed by atoms with Crippen LogP contribution in [0.1, 0.15) is 39.3 Å². The SMILES string of the molecule is N=C(c1cc2c(s1)C=CC=CC2)c1cc(NC(=O)C2CCN(Cc3ccccc3)CC2)ccc1N. The lowest BCUT2D eigenvalue weighted by molar-refractivity contribution is -0.121. The number of allylic oxidation sites excluding steroid dienone is 3. The fourth-order valence-electron chi connectivity index (χ4n) is 4.71. The molecule has 3 aromatic rings. The number of carbonyl (C=O) groups excluding carboxylic acids is 1. The molecule has 0 radical (unpaired) electrons. The number of piperidine rings is 1. The van der Waals surface area contributed by atoms with Gasteiger partial charge in [-0.2, -0.15) is 0 Å². The number of nitrogens with one attached hydrogen (secondary N) is 2. The van der Waals surface area contributed by atoms with Crippen molar-refractivity contribution in [2.24, 2.45) is 5.92 Å². The lowest BCUT2D eigenvalue weighted by Gasteiger charge is -2.31. The van der Waals surface area contributed by atoms with Crippen molar-refractivity contribution in [2.75, 3.05) is 24.1 Å². The lowest BCUT2D eigenvalue weighted by atomic mass is 9.95. The molecule has 4 N–H and O–H groups in total. The summed E-state index contributed by atoms with van der Waals surface area (Å²) in [5, 5.41) is 11.9. The van der Waals surface area contributed by atoms with Crippen LogP contribution in [0.5, 0.6) is 0 Å². The minimum atomic E-state index is -0.00437. The Balaban J connectivity index is 1.22. The van der Waals surface area contributed by atoms with Crippen LogP contribution < -0.4 is 11.1 Å². The molecule has 1 amide bonds. The van der Waals surface area contributed by atoms with Crippen LogP contribution in [-0.4, -0.2) is 29.6 Å². The number of carbonyl (C=O) groups is 1. The van der Waals surface area contributed by atoms with E-state index in [0.29, 0.717) is 22.6 Å². The fourth-order valence-corrected chi connectivity index (χ4v) is 5.78. The van der Waals surface area contributed by atoms with Crippen LogP contribution in [0.25, 0.3) is 6.08 Å². The Kier molecular flexibility index (Phi) is 6.93. The highest BCUT2D eigenvalue weighted by molar-refractivity contribution is 7.15. The van der Waals surface area contributed by atoms with Crippen molar-refractivity contribution in [1.29, 1.82) is 5.41 Å². The average molecular weight is 483 g/mol. The van der Waals surface area contributed by atoms with Crippen molar-refractivity contribution in [1.82, 2.24) is 4.90 Å². The largest absolute Gasteiger partial charge is 0.398 e. The highest BCUT2D eigenvalue weighted by Crippen LogP contribution is 2.30. The van der Waals surface area contributed by atoms with E-state index >= 15 is 0 Å². The normalized spacial score (nSPS) is 16.0. The molecule has 0 unspecified atom stereocenters.